The molecule has 1 saturated heterocycles. The van der Waals surface area contributed by atoms with Crippen LogP contribution in [0.15, 0.2) is 48.5 Å². The van der Waals surface area contributed by atoms with Crippen molar-refractivity contribution in [3.05, 3.63) is 59.9 Å². The Kier molecular flexibility index (Phi) is 5.91. The number of aromatic nitrogens is 4. The van der Waals surface area contributed by atoms with E-state index in [-0.39, 0.29) is 17.5 Å². The molecule has 5 rings (SSSR count). The van der Waals surface area contributed by atoms with E-state index >= 15 is 0 Å². The number of hydrogen-bond acceptors (Lipinski definition) is 6. The van der Waals surface area contributed by atoms with Gasteiger partial charge < -0.3 is 15.0 Å². The molecular formula is C24H23F3N6O2. The first-order valence-electron chi connectivity index (χ1n) is 11.2. The summed E-state index contributed by atoms with van der Waals surface area (Å²) in [6.07, 6.45) is -3.48. The van der Waals surface area contributed by atoms with Gasteiger partial charge in [-0.1, -0.05) is 18.2 Å². The first-order valence-corrected chi connectivity index (χ1v) is 11.2. The number of benzene rings is 2. The Morgan fingerprint density at radius 2 is 1.80 bits per heavy atom. The van der Waals surface area contributed by atoms with Gasteiger partial charge in [-0.15, -0.1) is 15.3 Å². The van der Waals surface area contributed by atoms with Gasteiger partial charge in [-0.2, -0.15) is 17.7 Å². The fourth-order valence-corrected chi connectivity index (χ4v) is 4.34. The molecule has 0 atom stereocenters. The molecule has 1 N–H and O–H groups in total. The monoisotopic (exact) mass is 484 g/mol. The van der Waals surface area contributed by atoms with Crippen molar-refractivity contribution in [2.75, 3.05) is 25.1 Å². The number of carbonyl (C=O) groups is 1. The van der Waals surface area contributed by atoms with Gasteiger partial charge in [0.05, 0.1) is 7.11 Å². The van der Waals surface area contributed by atoms with E-state index in [1.54, 1.807) is 13.2 Å². The molecule has 1 fully saturated rings. The number of ether oxygens (including phenoxy) is 1. The number of nitrogens with one attached hydrogen (secondary N) is 1. The molecule has 35 heavy (non-hydrogen) atoms. The predicted octanol–water partition coefficient (Wildman–Crippen LogP) is 3.84. The van der Waals surface area contributed by atoms with Crippen molar-refractivity contribution in [2.45, 2.75) is 25.6 Å². The van der Waals surface area contributed by atoms with Gasteiger partial charge in [-0.05, 0) is 59.5 Å². The van der Waals surface area contributed by atoms with Crippen LogP contribution < -0.4 is 15.0 Å². The topological polar surface area (TPSA) is 84.6 Å². The third kappa shape index (κ3) is 4.71. The predicted molar refractivity (Wildman–Crippen MR) is 123 cm³/mol. The van der Waals surface area contributed by atoms with Crippen LogP contribution in [0.4, 0.5) is 19.0 Å². The van der Waals surface area contributed by atoms with Crippen molar-refractivity contribution in [3.63, 3.8) is 0 Å². The largest absolute Gasteiger partial charge is 0.497 e. The first-order chi connectivity index (χ1) is 16.8. The highest BCUT2D eigenvalue weighted by Crippen LogP contribution is 2.29. The molecule has 0 unspecified atom stereocenters. The summed E-state index contributed by atoms with van der Waals surface area (Å²) in [5.41, 5.74) is 1.03. The summed E-state index contributed by atoms with van der Waals surface area (Å²) < 4.78 is 45.4. The fraction of sp³-hybridized carbons (Fsp3) is 0.333. The van der Waals surface area contributed by atoms with Crippen molar-refractivity contribution >= 4 is 28.1 Å². The van der Waals surface area contributed by atoms with Crippen LogP contribution >= 0.6 is 0 Å². The van der Waals surface area contributed by atoms with Crippen LogP contribution in [0.25, 0.3) is 16.4 Å². The number of piperidine rings is 1. The van der Waals surface area contributed by atoms with Crippen LogP contribution in [0.2, 0.25) is 0 Å². The third-order valence-electron chi connectivity index (χ3n) is 6.27. The Labute approximate surface area is 198 Å². The zero-order valence-electron chi connectivity index (χ0n) is 18.9. The second kappa shape index (κ2) is 9.05. The van der Waals surface area contributed by atoms with Gasteiger partial charge in [0.15, 0.2) is 5.65 Å². The molecule has 0 bridgehead atoms. The molecule has 8 nitrogen and oxygen atoms in total. The molecule has 2 aromatic carbocycles. The molecule has 2 aromatic heterocycles. The molecule has 4 aromatic rings. The van der Waals surface area contributed by atoms with Crippen molar-refractivity contribution < 1.29 is 22.7 Å². The molecule has 1 amide bonds. The van der Waals surface area contributed by atoms with Crippen LogP contribution in [-0.2, 0) is 17.5 Å². The lowest BCUT2D eigenvalue weighted by Crippen LogP contribution is -2.40. The molecule has 1 aliphatic heterocycles. The molecule has 1 aliphatic rings. The standard InChI is InChI=1S/C24H23F3N6O2/c1-35-19-5-4-17-12-15(2-3-18(17)13-19)14-28-22(34)16-8-10-32(11-9-16)21-7-6-20-29-30-23(24(25,26)27)33(20)31-21/h2-7,12-13,16H,8-11,14H2,1H3,(H,28,34). The summed E-state index contributed by atoms with van der Waals surface area (Å²) in [7, 11) is 1.63. The van der Waals surface area contributed by atoms with Crippen LogP contribution in [0, 0.1) is 5.92 Å². The quantitative estimate of drug-likeness (QED) is 0.464. The Bertz CT molecular complexity index is 1380. The second-order valence-electron chi connectivity index (χ2n) is 8.51. The average Bonchev–Trinajstić information content (AvgIpc) is 3.31. The van der Waals surface area contributed by atoms with Gasteiger partial charge in [-0.3, -0.25) is 4.79 Å². The van der Waals surface area contributed by atoms with Crippen molar-refractivity contribution in [3.8, 4) is 5.75 Å². The summed E-state index contributed by atoms with van der Waals surface area (Å²) in [5, 5.41) is 16.0. The zero-order valence-corrected chi connectivity index (χ0v) is 18.9. The lowest BCUT2D eigenvalue weighted by molar-refractivity contribution is -0.146. The maximum Gasteiger partial charge on any atom is 0.453 e. The van der Waals surface area contributed by atoms with E-state index in [9.17, 15) is 18.0 Å². The van der Waals surface area contributed by atoms with Crippen molar-refractivity contribution in [1.29, 1.82) is 0 Å². The van der Waals surface area contributed by atoms with E-state index in [2.05, 4.69) is 20.6 Å². The number of rotatable bonds is 5. The molecule has 0 radical (unpaired) electrons. The average molecular weight is 484 g/mol. The fourth-order valence-electron chi connectivity index (χ4n) is 4.34. The number of hydrogen-bond donors (Lipinski definition) is 1. The number of alkyl halides is 3. The van der Waals surface area contributed by atoms with E-state index < -0.39 is 12.0 Å². The van der Waals surface area contributed by atoms with E-state index in [1.165, 1.54) is 6.07 Å². The minimum atomic E-state index is -4.64. The lowest BCUT2D eigenvalue weighted by Gasteiger charge is -2.32. The number of nitrogens with zero attached hydrogens (tertiary/aromatic N) is 5. The second-order valence-corrected chi connectivity index (χ2v) is 8.51. The van der Waals surface area contributed by atoms with Gasteiger partial charge in [-0.25, -0.2) is 0 Å². The van der Waals surface area contributed by atoms with E-state index in [4.69, 9.17) is 4.74 Å². The molecule has 0 aliphatic carbocycles. The minimum Gasteiger partial charge on any atom is -0.497 e. The Hall–Kier alpha value is -3.89. The van der Waals surface area contributed by atoms with Gasteiger partial charge >= 0.3 is 6.18 Å². The van der Waals surface area contributed by atoms with Crippen LogP contribution in [0.5, 0.6) is 5.75 Å². The molecule has 182 valence electrons. The third-order valence-corrected chi connectivity index (χ3v) is 6.27. The Morgan fingerprint density at radius 3 is 2.54 bits per heavy atom. The van der Waals surface area contributed by atoms with Gasteiger partial charge in [0.2, 0.25) is 5.91 Å². The van der Waals surface area contributed by atoms with Gasteiger partial charge in [0, 0.05) is 25.6 Å². The normalized spacial score (nSPS) is 15.0. The Morgan fingerprint density at radius 1 is 1.06 bits per heavy atom. The number of methoxy groups -OCH3 is 1. The Balaban J connectivity index is 1.19. The summed E-state index contributed by atoms with van der Waals surface area (Å²) >= 11 is 0. The van der Waals surface area contributed by atoms with Gasteiger partial charge in [0.25, 0.3) is 5.82 Å². The first kappa shape index (κ1) is 22.9. The number of halogens is 3. The zero-order chi connectivity index (χ0) is 24.6. The van der Waals surface area contributed by atoms with Crippen LogP contribution in [0.1, 0.15) is 24.2 Å². The van der Waals surface area contributed by atoms with Gasteiger partial charge in [0.1, 0.15) is 11.6 Å². The smallest absolute Gasteiger partial charge is 0.453 e. The van der Waals surface area contributed by atoms with Crippen LogP contribution in [-0.4, -0.2) is 45.9 Å². The van der Waals surface area contributed by atoms with E-state index in [1.807, 2.05) is 41.3 Å². The summed E-state index contributed by atoms with van der Waals surface area (Å²) in [6, 6.07) is 15.0. The van der Waals surface area contributed by atoms with E-state index in [0.29, 0.717) is 42.8 Å². The number of anilines is 1. The number of carbonyl (C=O) groups excluding carboxylic acids is 1. The number of fused-ring (bicyclic) bond motifs is 2. The highest BCUT2D eigenvalue weighted by atomic mass is 19.4. The summed E-state index contributed by atoms with van der Waals surface area (Å²) in [4.78, 5) is 14.6. The van der Waals surface area contributed by atoms with Crippen molar-refractivity contribution in [2.24, 2.45) is 5.92 Å². The maximum absolute atomic E-state index is 13.1. The molecule has 11 heteroatoms. The van der Waals surface area contributed by atoms with Crippen LogP contribution in [0.3, 0.4) is 0 Å². The molecular weight excluding hydrogens is 461 g/mol. The minimum absolute atomic E-state index is 0.0268. The SMILES string of the molecule is COc1ccc2cc(CNC(=O)C3CCN(c4ccc5nnc(C(F)(F)F)n5n4)CC3)ccc2c1. The van der Waals surface area contributed by atoms with Crippen molar-refractivity contribution in [1.82, 2.24) is 25.1 Å². The lowest BCUT2D eigenvalue weighted by atomic mass is 9.95. The molecule has 0 spiro atoms. The number of amides is 1. The van der Waals surface area contributed by atoms with E-state index in [0.717, 1.165) is 22.1 Å². The summed E-state index contributed by atoms with van der Waals surface area (Å²) in [5.74, 6) is -0.158. The highest BCUT2D eigenvalue weighted by Gasteiger charge is 2.38. The molecule has 0 saturated carbocycles. The highest BCUT2D eigenvalue weighted by molar-refractivity contribution is 5.85. The summed E-state index contributed by atoms with van der Waals surface area (Å²) in [6.45, 7) is 1.45. The maximum atomic E-state index is 13.1. The molecule has 3 heterocycles.